The normalized spacial score (nSPS) is 11.6. The molecule has 2 rings (SSSR count). The zero-order valence-corrected chi connectivity index (χ0v) is 20.2. The standard InChI is InChI=1S/C25H33BrN2O2/c1-18(2)28(19(3)4)16-6-7-21-17-23(13-14-24(21)30-5)27-25(29)15-10-20-8-11-22(26)12-9-20/h8-15,17-19H,6-7,16H2,1-5H3,(H,27,29)/b15-10+. The first kappa shape index (κ1) is 24.2. The average molecular weight is 473 g/mol. The van der Waals surface area contributed by atoms with Gasteiger partial charge in [0.1, 0.15) is 5.75 Å². The minimum atomic E-state index is -0.153. The summed E-state index contributed by atoms with van der Waals surface area (Å²) < 4.78 is 6.54. The van der Waals surface area contributed by atoms with Crippen LogP contribution >= 0.6 is 15.9 Å². The number of carbonyl (C=O) groups is 1. The number of carbonyl (C=O) groups excluding carboxylic acids is 1. The molecule has 0 aliphatic heterocycles. The number of ether oxygens (including phenoxy) is 1. The van der Waals surface area contributed by atoms with E-state index in [1.165, 1.54) is 0 Å². The van der Waals surface area contributed by atoms with Crippen LogP contribution in [0.3, 0.4) is 0 Å². The summed E-state index contributed by atoms with van der Waals surface area (Å²) in [5.74, 6) is 0.707. The number of nitrogens with one attached hydrogen (secondary N) is 1. The van der Waals surface area contributed by atoms with Gasteiger partial charge in [0.15, 0.2) is 0 Å². The van der Waals surface area contributed by atoms with Gasteiger partial charge in [0.25, 0.3) is 0 Å². The van der Waals surface area contributed by atoms with Crippen LogP contribution in [-0.4, -0.2) is 36.5 Å². The van der Waals surface area contributed by atoms with Crippen molar-refractivity contribution in [2.45, 2.75) is 52.6 Å². The van der Waals surface area contributed by atoms with E-state index in [0.29, 0.717) is 12.1 Å². The molecule has 0 bridgehead atoms. The second-order valence-corrected chi connectivity index (χ2v) is 8.85. The van der Waals surface area contributed by atoms with Crippen LogP contribution in [0.1, 0.15) is 45.2 Å². The zero-order chi connectivity index (χ0) is 22.1. The fourth-order valence-electron chi connectivity index (χ4n) is 3.55. The van der Waals surface area contributed by atoms with Crippen molar-refractivity contribution in [3.8, 4) is 5.75 Å². The first-order valence-corrected chi connectivity index (χ1v) is 11.3. The lowest BCUT2D eigenvalue weighted by Crippen LogP contribution is -2.37. The third kappa shape index (κ3) is 7.62. The predicted molar refractivity (Wildman–Crippen MR) is 130 cm³/mol. The lowest BCUT2D eigenvalue weighted by Gasteiger charge is -2.30. The summed E-state index contributed by atoms with van der Waals surface area (Å²) in [6, 6.07) is 14.7. The van der Waals surface area contributed by atoms with Crippen molar-refractivity contribution in [1.82, 2.24) is 4.90 Å². The van der Waals surface area contributed by atoms with E-state index in [1.807, 2.05) is 42.5 Å². The zero-order valence-electron chi connectivity index (χ0n) is 18.6. The Kier molecular flexibility index (Phi) is 9.60. The number of methoxy groups -OCH3 is 1. The number of aryl methyl sites for hydroxylation is 1. The van der Waals surface area contributed by atoms with Gasteiger partial charge < -0.3 is 10.1 Å². The van der Waals surface area contributed by atoms with Gasteiger partial charge in [-0.15, -0.1) is 0 Å². The van der Waals surface area contributed by atoms with Gasteiger partial charge in [0, 0.05) is 28.3 Å². The molecule has 0 saturated carbocycles. The highest BCUT2D eigenvalue weighted by Gasteiger charge is 2.13. The van der Waals surface area contributed by atoms with Gasteiger partial charge >= 0.3 is 0 Å². The highest BCUT2D eigenvalue weighted by Crippen LogP contribution is 2.24. The molecule has 0 radical (unpaired) electrons. The summed E-state index contributed by atoms with van der Waals surface area (Å²) in [5, 5.41) is 2.95. The average Bonchev–Trinajstić information content (AvgIpc) is 2.70. The van der Waals surface area contributed by atoms with Gasteiger partial charge in [-0.25, -0.2) is 0 Å². The molecule has 5 heteroatoms. The second-order valence-electron chi connectivity index (χ2n) is 7.93. The van der Waals surface area contributed by atoms with Crippen molar-refractivity contribution < 1.29 is 9.53 Å². The Balaban J connectivity index is 2.00. The fourth-order valence-corrected chi connectivity index (χ4v) is 3.81. The third-order valence-electron chi connectivity index (χ3n) is 5.03. The van der Waals surface area contributed by atoms with E-state index in [9.17, 15) is 4.79 Å². The van der Waals surface area contributed by atoms with E-state index in [0.717, 1.165) is 46.4 Å². The maximum absolute atomic E-state index is 12.3. The van der Waals surface area contributed by atoms with E-state index in [1.54, 1.807) is 19.3 Å². The molecule has 0 heterocycles. The molecule has 2 aromatic carbocycles. The largest absolute Gasteiger partial charge is 0.496 e. The van der Waals surface area contributed by atoms with E-state index in [-0.39, 0.29) is 5.91 Å². The van der Waals surface area contributed by atoms with Gasteiger partial charge in [-0.3, -0.25) is 9.69 Å². The Labute approximate surface area is 189 Å². The molecular weight excluding hydrogens is 440 g/mol. The van der Waals surface area contributed by atoms with Crippen LogP contribution in [0.2, 0.25) is 0 Å². The van der Waals surface area contributed by atoms with Gasteiger partial charge in [-0.2, -0.15) is 0 Å². The molecule has 0 atom stereocenters. The predicted octanol–water partition coefficient (Wildman–Crippen LogP) is 6.16. The molecule has 1 amide bonds. The molecule has 0 unspecified atom stereocenters. The quantitative estimate of drug-likeness (QED) is 0.420. The van der Waals surface area contributed by atoms with Crippen LogP contribution in [0, 0.1) is 0 Å². The number of anilines is 1. The number of benzene rings is 2. The first-order valence-electron chi connectivity index (χ1n) is 10.5. The van der Waals surface area contributed by atoms with Crippen LogP contribution in [0.15, 0.2) is 53.0 Å². The molecule has 0 aromatic heterocycles. The summed E-state index contributed by atoms with van der Waals surface area (Å²) in [7, 11) is 1.69. The van der Waals surface area contributed by atoms with E-state index in [4.69, 9.17) is 4.74 Å². The Hall–Kier alpha value is -2.11. The molecule has 0 fully saturated rings. The van der Waals surface area contributed by atoms with Crippen molar-refractivity contribution in [2.75, 3.05) is 19.0 Å². The van der Waals surface area contributed by atoms with Crippen LogP contribution in [0.4, 0.5) is 5.69 Å². The van der Waals surface area contributed by atoms with Crippen LogP contribution in [-0.2, 0) is 11.2 Å². The summed E-state index contributed by atoms with van der Waals surface area (Å²) in [5.41, 5.74) is 2.86. The molecule has 0 saturated heterocycles. The Morgan fingerprint density at radius 1 is 1.10 bits per heavy atom. The topological polar surface area (TPSA) is 41.6 Å². The summed E-state index contributed by atoms with van der Waals surface area (Å²) in [6.45, 7) is 9.97. The molecule has 30 heavy (non-hydrogen) atoms. The van der Waals surface area contributed by atoms with Gasteiger partial charge in [-0.1, -0.05) is 28.1 Å². The number of rotatable bonds is 10. The van der Waals surface area contributed by atoms with Crippen LogP contribution in [0.5, 0.6) is 5.75 Å². The number of nitrogens with zero attached hydrogens (tertiary/aromatic N) is 1. The number of hydrogen-bond donors (Lipinski definition) is 1. The maximum atomic E-state index is 12.3. The van der Waals surface area contributed by atoms with Crippen LogP contribution in [0.25, 0.3) is 6.08 Å². The summed E-state index contributed by atoms with van der Waals surface area (Å²) in [6.07, 6.45) is 5.29. The Bertz CT molecular complexity index is 837. The third-order valence-corrected chi connectivity index (χ3v) is 5.56. The highest BCUT2D eigenvalue weighted by atomic mass is 79.9. The van der Waals surface area contributed by atoms with Gasteiger partial charge in [-0.05, 0) is 94.6 Å². The van der Waals surface area contributed by atoms with Crippen molar-refractivity contribution in [2.24, 2.45) is 0 Å². The molecule has 1 N–H and O–H groups in total. The van der Waals surface area contributed by atoms with Crippen molar-refractivity contribution >= 4 is 33.6 Å². The van der Waals surface area contributed by atoms with Crippen LogP contribution < -0.4 is 10.1 Å². The molecule has 2 aromatic rings. The second kappa shape index (κ2) is 11.9. The van der Waals surface area contributed by atoms with E-state index >= 15 is 0 Å². The van der Waals surface area contributed by atoms with Crippen molar-refractivity contribution in [3.63, 3.8) is 0 Å². The fraction of sp³-hybridized carbons (Fsp3) is 0.400. The molecule has 162 valence electrons. The molecule has 0 aliphatic rings. The Morgan fingerprint density at radius 3 is 2.37 bits per heavy atom. The van der Waals surface area contributed by atoms with Gasteiger partial charge in [0.05, 0.1) is 7.11 Å². The molecule has 0 aliphatic carbocycles. The van der Waals surface area contributed by atoms with Gasteiger partial charge in [0.2, 0.25) is 5.91 Å². The minimum Gasteiger partial charge on any atom is -0.496 e. The van der Waals surface area contributed by atoms with Crippen molar-refractivity contribution in [1.29, 1.82) is 0 Å². The Morgan fingerprint density at radius 2 is 1.77 bits per heavy atom. The summed E-state index contributed by atoms with van der Waals surface area (Å²) in [4.78, 5) is 14.8. The molecule has 4 nitrogen and oxygen atoms in total. The maximum Gasteiger partial charge on any atom is 0.248 e. The first-order chi connectivity index (χ1) is 14.3. The lowest BCUT2D eigenvalue weighted by molar-refractivity contribution is -0.111. The lowest BCUT2D eigenvalue weighted by atomic mass is 10.1. The highest BCUT2D eigenvalue weighted by molar-refractivity contribution is 9.10. The van der Waals surface area contributed by atoms with E-state index < -0.39 is 0 Å². The molecule has 0 spiro atoms. The van der Waals surface area contributed by atoms with Crippen molar-refractivity contribution in [3.05, 3.63) is 64.1 Å². The summed E-state index contributed by atoms with van der Waals surface area (Å²) >= 11 is 3.41. The molecular formula is C25H33BrN2O2. The SMILES string of the molecule is COc1ccc(NC(=O)/C=C/c2ccc(Br)cc2)cc1CCCN(C(C)C)C(C)C. The number of hydrogen-bond acceptors (Lipinski definition) is 3. The van der Waals surface area contributed by atoms with E-state index in [2.05, 4.69) is 53.8 Å². The smallest absolute Gasteiger partial charge is 0.248 e. The monoisotopic (exact) mass is 472 g/mol. The minimum absolute atomic E-state index is 0.153. The number of amides is 1. The number of halogens is 1.